The number of aryl methyl sites for hydroxylation is 1. The van der Waals surface area contributed by atoms with Crippen LogP contribution in [0.3, 0.4) is 0 Å². The fourth-order valence-corrected chi connectivity index (χ4v) is 2.40. The summed E-state index contributed by atoms with van der Waals surface area (Å²) in [4.78, 5) is 13.7. The molecule has 0 saturated heterocycles. The van der Waals surface area contributed by atoms with Crippen LogP contribution in [0.5, 0.6) is 0 Å². The van der Waals surface area contributed by atoms with Gasteiger partial charge in [-0.05, 0) is 56.9 Å². The summed E-state index contributed by atoms with van der Waals surface area (Å²) < 4.78 is 5.39. The second kappa shape index (κ2) is 6.10. The second-order valence-electron chi connectivity index (χ2n) is 6.37. The Morgan fingerprint density at radius 3 is 2.57 bits per heavy atom. The van der Waals surface area contributed by atoms with Crippen molar-refractivity contribution < 1.29 is 9.53 Å². The van der Waals surface area contributed by atoms with Crippen LogP contribution in [-0.4, -0.2) is 29.7 Å². The van der Waals surface area contributed by atoms with Crippen LogP contribution in [-0.2, 0) is 4.74 Å². The zero-order valence-corrected chi connectivity index (χ0v) is 13.8. The molecular formula is C17H22ClNO2. The van der Waals surface area contributed by atoms with E-state index in [4.69, 9.17) is 16.3 Å². The molecule has 114 valence electrons. The quantitative estimate of drug-likeness (QED) is 0.754. The zero-order valence-electron chi connectivity index (χ0n) is 13.1. The zero-order chi connectivity index (χ0) is 15.6. The van der Waals surface area contributed by atoms with Crippen molar-refractivity contribution in [1.29, 1.82) is 0 Å². The van der Waals surface area contributed by atoms with Gasteiger partial charge in [0.2, 0.25) is 0 Å². The molecule has 1 heterocycles. The van der Waals surface area contributed by atoms with E-state index in [2.05, 4.69) is 12.1 Å². The lowest BCUT2D eigenvalue weighted by molar-refractivity contribution is 0.0270. The first kappa shape index (κ1) is 15.9. The molecule has 21 heavy (non-hydrogen) atoms. The summed E-state index contributed by atoms with van der Waals surface area (Å²) in [5, 5.41) is 0.781. The number of rotatable bonds is 1. The number of carbonyl (C=O) groups is 1. The molecule has 1 aromatic rings. The highest BCUT2D eigenvalue weighted by Gasteiger charge is 2.23. The maximum atomic E-state index is 12.0. The standard InChI is InChI=1S/C17H22ClNO2/c1-12-5-6-14(11-15(12)18)13-7-9-19(10-8-13)16(20)21-17(2,3)4/h5-7,11H,8-10H2,1-4H3. The number of ether oxygens (including phenoxy) is 1. The summed E-state index contributed by atoms with van der Waals surface area (Å²) in [7, 11) is 0. The third-order valence-corrected chi connectivity index (χ3v) is 3.81. The van der Waals surface area contributed by atoms with E-state index in [1.165, 1.54) is 5.57 Å². The van der Waals surface area contributed by atoms with Gasteiger partial charge in [0.1, 0.15) is 5.60 Å². The summed E-state index contributed by atoms with van der Waals surface area (Å²) in [6, 6.07) is 6.10. The van der Waals surface area contributed by atoms with Gasteiger partial charge in [-0.15, -0.1) is 0 Å². The number of hydrogen-bond donors (Lipinski definition) is 0. The highest BCUT2D eigenvalue weighted by molar-refractivity contribution is 6.31. The topological polar surface area (TPSA) is 29.5 Å². The number of benzene rings is 1. The van der Waals surface area contributed by atoms with Gasteiger partial charge in [-0.3, -0.25) is 0 Å². The smallest absolute Gasteiger partial charge is 0.410 e. The van der Waals surface area contributed by atoms with E-state index < -0.39 is 5.60 Å². The van der Waals surface area contributed by atoms with E-state index in [0.29, 0.717) is 13.1 Å². The minimum Gasteiger partial charge on any atom is -0.444 e. The lowest BCUT2D eigenvalue weighted by atomic mass is 9.99. The van der Waals surface area contributed by atoms with Crippen molar-refractivity contribution in [2.75, 3.05) is 13.1 Å². The molecule has 0 spiro atoms. The van der Waals surface area contributed by atoms with Crippen LogP contribution in [0.25, 0.3) is 5.57 Å². The van der Waals surface area contributed by atoms with Gasteiger partial charge in [0.25, 0.3) is 0 Å². The SMILES string of the molecule is Cc1ccc(C2=CCN(C(=O)OC(C)(C)C)CC2)cc1Cl. The number of nitrogens with zero attached hydrogens (tertiary/aromatic N) is 1. The van der Waals surface area contributed by atoms with E-state index in [9.17, 15) is 4.79 Å². The van der Waals surface area contributed by atoms with Gasteiger partial charge in [0.15, 0.2) is 0 Å². The average Bonchev–Trinajstić information content (AvgIpc) is 2.40. The van der Waals surface area contributed by atoms with Crippen molar-refractivity contribution in [3.63, 3.8) is 0 Å². The van der Waals surface area contributed by atoms with Crippen LogP contribution >= 0.6 is 11.6 Å². The summed E-state index contributed by atoms with van der Waals surface area (Å²) in [6.07, 6.45) is 2.65. The largest absolute Gasteiger partial charge is 0.444 e. The summed E-state index contributed by atoms with van der Waals surface area (Å²) in [6.45, 7) is 8.88. The second-order valence-corrected chi connectivity index (χ2v) is 6.78. The number of carbonyl (C=O) groups excluding carboxylic acids is 1. The molecule has 0 fully saturated rings. The first-order valence-electron chi connectivity index (χ1n) is 7.20. The minimum absolute atomic E-state index is 0.250. The molecule has 0 unspecified atom stereocenters. The minimum atomic E-state index is -0.453. The van der Waals surface area contributed by atoms with Gasteiger partial charge in [-0.1, -0.05) is 29.8 Å². The lowest BCUT2D eigenvalue weighted by Crippen LogP contribution is -2.39. The number of amides is 1. The Morgan fingerprint density at radius 1 is 1.33 bits per heavy atom. The summed E-state index contributed by atoms with van der Waals surface area (Å²) >= 11 is 6.17. The Labute approximate surface area is 131 Å². The maximum absolute atomic E-state index is 12.0. The summed E-state index contributed by atoms with van der Waals surface area (Å²) in [5.41, 5.74) is 2.99. The molecule has 0 saturated carbocycles. The van der Waals surface area contributed by atoms with Crippen molar-refractivity contribution >= 4 is 23.3 Å². The van der Waals surface area contributed by atoms with E-state index in [1.54, 1.807) is 4.90 Å². The predicted octanol–water partition coefficient (Wildman–Crippen LogP) is 4.67. The van der Waals surface area contributed by atoms with Gasteiger partial charge in [0, 0.05) is 18.1 Å². The number of hydrogen-bond acceptors (Lipinski definition) is 2. The van der Waals surface area contributed by atoms with E-state index in [1.807, 2.05) is 39.8 Å². The molecule has 1 aliphatic heterocycles. The average molecular weight is 308 g/mol. The third-order valence-electron chi connectivity index (χ3n) is 3.40. The maximum Gasteiger partial charge on any atom is 0.410 e. The first-order chi connectivity index (χ1) is 9.76. The molecule has 1 aromatic carbocycles. The number of halogens is 1. The molecule has 0 aromatic heterocycles. The van der Waals surface area contributed by atoms with Gasteiger partial charge in [0.05, 0.1) is 0 Å². The van der Waals surface area contributed by atoms with Crippen molar-refractivity contribution in [1.82, 2.24) is 4.90 Å². The van der Waals surface area contributed by atoms with Gasteiger partial charge in [-0.2, -0.15) is 0 Å². The molecule has 2 rings (SSSR count). The Bertz CT molecular complexity index is 573. The molecular weight excluding hydrogens is 286 g/mol. The first-order valence-corrected chi connectivity index (χ1v) is 7.57. The Balaban J connectivity index is 2.05. The van der Waals surface area contributed by atoms with Gasteiger partial charge in [-0.25, -0.2) is 4.79 Å². The molecule has 0 atom stereocenters. The van der Waals surface area contributed by atoms with Crippen LogP contribution in [0.15, 0.2) is 24.3 Å². The highest BCUT2D eigenvalue weighted by Crippen LogP contribution is 2.27. The normalized spacial score (nSPS) is 15.7. The highest BCUT2D eigenvalue weighted by atomic mass is 35.5. The van der Waals surface area contributed by atoms with Crippen LogP contribution in [0.1, 0.15) is 38.3 Å². The van der Waals surface area contributed by atoms with Crippen molar-refractivity contribution in [3.8, 4) is 0 Å². The molecule has 1 amide bonds. The monoisotopic (exact) mass is 307 g/mol. The van der Waals surface area contributed by atoms with Gasteiger partial charge >= 0.3 is 6.09 Å². The molecule has 1 aliphatic rings. The fourth-order valence-electron chi connectivity index (χ4n) is 2.22. The van der Waals surface area contributed by atoms with Gasteiger partial charge < -0.3 is 9.64 Å². The third kappa shape index (κ3) is 4.24. The van der Waals surface area contributed by atoms with Crippen LogP contribution in [0.2, 0.25) is 5.02 Å². The molecule has 3 nitrogen and oxygen atoms in total. The Hall–Kier alpha value is -1.48. The van der Waals surface area contributed by atoms with E-state index >= 15 is 0 Å². The summed E-state index contributed by atoms with van der Waals surface area (Å²) in [5.74, 6) is 0. The molecule has 0 radical (unpaired) electrons. The van der Waals surface area contributed by atoms with Crippen molar-refractivity contribution in [2.24, 2.45) is 0 Å². The van der Waals surface area contributed by atoms with E-state index in [0.717, 1.165) is 22.6 Å². The predicted molar refractivity (Wildman–Crippen MR) is 86.6 cm³/mol. The van der Waals surface area contributed by atoms with Crippen molar-refractivity contribution in [2.45, 2.75) is 39.7 Å². The molecule has 0 aliphatic carbocycles. The Morgan fingerprint density at radius 2 is 2.05 bits per heavy atom. The van der Waals surface area contributed by atoms with E-state index in [-0.39, 0.29) is 6.09 Å². The molecule has 0 bridgehead atoms. The van der Waals surface area contributed by atoms with Crippen LogP contribution in [0.4, 0.5) is 4.79 Å². The fraction of sp³-hybridized carbons (Fsp3) is 0.471. The molecule has 0 N–H and O–H groups in total. The van der Waals surface area contributed by atoms with Crippen molar-refractivity contribution in [3.05, 3.63) is 40.4 Å². The van der Waals surface area contributed by atoms with Crippen LogP contribution < -0.4 is 0 Å². The lowest BCUT2D eigenvalue weighted by Gasteiger charge is -2.29. The Kier molecular flexibility index (Phi) is 4.62. The molecule has 4 heteroatoms. The van der Waals surface area contributed by atoms with Crippen LogP contribution in [0, 0.1) is 6.92 Å².